The number of carbonyl (C=O) groups excluding carboxylic acids is 3. The predicted molar refractivity (Wildman–Crippen MR) is 78.7 cm³/mol. The number of carbonyl (C=O) groups is 3. The second-order valence-electron chi connectivity index (χ2n) is 5.46. The van der Waals surface area contributed by atoms with Gasteiger partial charge in [-0.1, -0.05) is 0 Å². The number of rotatable bonds is 2. The number of fused-ring (bicyclic) bond motifs is 2. The minimum atomic E-state index is -1.09. The van der Waals surface area contributed by atoms with Crippen molar-refractivity contribution in [1.82, 2.24) is 0 Å². The molecule has 4 rings (SSSR count). The summed E-state index contributed by atoms with van der Waals surface area (Å²) in [5, 5.41) is 19.0. The molecule has 1 aliphatic carbocycles. The summed E-state index contributed by atoms with van der Waals surface area (Å²) in [6, 6.07) is 4.87. The number of ether oxygens (including phenoxy) is 1. The number of allylic oxidation sites excluding steroid dienone is 2. The van der Waals surface area contributed by atoms with Gasteiger partial charge in [0.2, 0.25) is 17.3 Å². The SMILES string of the molecule is O=C(c1ccc2c(c1)CCO2)c1coc2c1C(=O)C(O)=C(O)C2=O. The zero-order chi connectivity index (χ0) is 17.0. The minimum absolute atomic E-state index is 0.138. The van der Waals surface area contributed by atoms with Crippen LogP contribution in [0.3, 0.4) is 0 Å². The molecule has 2 aromatic rings. The zero-order valence-corrected chi connectivity index (χ0v) is 12.2. The van der Waals surface area contributed by atoms with Crippen LogP contribution in [0.1, 0.15) is 42.4 Å². The van der Waals surface area contributed by atoms with E-state index in [0.29, 0.717) is 24.3 Å². The van der Waals surface area contributed by atoms with Gasteiger partial charge in [0.1, 0.15) is 12.0 Å². The van der Waals surface area contributed by atoms with Crippen LogP contribution in [0, 0.1) is 0 Å². The van der Waals surface area contributed by atoms with E-state index in [9.17, 15) is 24.6 Å². The summed E-state index contributed by atoms with van der Waals surface area (Å²) in [4.78, 5) is 36.7. The maximum absolute atomic E-state index is 12.7. The van der Waals surface area contributed by atoms with Crippen LogP contribution in [0.5, 0.6) is 5.75 Å². The van der Waals surface area contributed by atoms with Crippen molar-refractivity contribution in [3.8, 4) is 5.75 Å². The maximum atomic E-state index is 12.7. The van der Waals surface area contributed by atoms with Gasteiger partial charge in [-0.15, -0.1) is 0 Å². The van der Waals surface area contributed by atoms with Crippen LogP contribution >= 0.6 is 0 Å². The summed E-state index contributed by atoms with van der Waals surface area (Å²) in [6.07, 6.45) is 1.66. The number of aliphatic hydroxyl groups excluding tert-OH is 2. The first-order valence-corrected chi connectivity index (χ1v) is 7.12. The average molecular weight is 326 g/mol. The van der Waals surface area contributed by atoms with Crippen LogP contribution in [0.25, 0.3) is 0 Å². The van der Waals surface area contributed by atoms with E-state index in [1.165, 1.54) is 0 Å². The molecule has 7 heteroatoms. The smallest absolute Gasteiger partial charge is 0.267 e. The van der Waals surface area contributed by atoms with Gasteiger partial charge >= 0.3 is 0 Å². The van der Waals surface area contributed by atoms with E-state index in [-0.39, 0.29) is 11.1 Å². The van der Waals surface area contributed by atoms with E-state index in [0.717, 1.165) is 11.8 Å². The molecule has 0 atom stereocenters. The molecule has 0 spiro atoms. The van der Waals surface area contributed by atoms with Gasteiger partial charge in [0, 0.05) is 12.0 Å². The van der Waals surface area contributed by atoms with Crippen molar-refractivity contribution in [2.75, 3.05) is 6.61 Å². The third kappa shape index (κ3) is 1.81. The quantitative estimate of drug-likeness (QED) is 0.813. The van der Waals surface area contributed by atoms with Crippen molar-refractivity contribution >= 4 is 17.3 Å². The molecular formula is C17H10O7. The first kappa shape index (κ1) is 14.3. The number of ketones is 3. The van der Waals surface area contributed by atoms with Gasteiger partial charge in [-0.25, -0.2) is 0 Å². The van der Waals surface area contributed by atoms with Gasteiger partial charge in [0.15, 0.2) is 11.5 Å². The van der Waals surface area contributed by atoms with E-state index in [2.05, 4.69) is 0 Å². The van der Waals surface area contributed by atoms with Crippen LogP contribution in [-0.2, 0) is 6.42 Å². The number of hydrogen-bond donors (Lipinski definition) is 2. The number of aliphatic hydroxyl groups is 2. The maximum Gasteiger partial charge on any atom is 0.267 e. The Kier molecular flexibility index (Phi) is 2.86. The van der Waals surface area contributed by atoms with Gasteiger partial charge in [-0.3, -0.25) is 14.4 Å². The highest BCUT2D eigenvalue weighted by molar-refractivity contribution is 6.28. The molecule has 1 aromatic heterocycles. The molecule has 0 bridgehead atoms. The fraction of sp³-hybridized carbons (Fsp3) is 0.118. The van der Waals surface area contributed by atoms with Crippen LogP contribution in [0.4, 0.5) is 0 Å². The van der Waals surface area contributed by atoms with Gasteiger partial charge in [-0.05, 0) is 23.8 Å². The molecule has 7 nitrogen and oxygen atoms in total. The molecule has 2 aliphatic rings. The number of Topliss-reactive ketones (excluding diaryl/α,β-unsaturated/α-hetero) is 2. The Labute approximate surface area is 134 Å². The molecule has 2 heterocycles. The van der Waals surface area contributed by atoms with Crippen molar-refractivity contribution in [2.24, 2.45) is 0 Å². The summed E-state index contributed by atoms with van der Waals surface area (Å²) in [5.74, 6) is -4.52. The van der Waals surface area contributed by atoms with Crippen LogP contribution < -0.4 is 4.74 Å². The Morgan fingerprint density at radius 1 is 1.08 bits per heavy atom. The molecule has 2 N–H and O–H groups in total. The molecule has 120 valence electrons. The van der Waals surface area contributed by atoms with Crippen molar-refractivity contribution in [2.45, 2.75) is 6.42 Å². The Balaban J connectivity index is 1.81. The summed E-state index contributed by atoms with van der Waals surface area (Å²) >= 11 is 0. The second kappa shape index (κ2) is 4.82. The molecule has 24 heavy (non-hydrogen) atoms. The van der Waals surface area contributed by atoms with E-state index >= 15 is 0 Å². The van der Waals surface area contributed by atoms with E-state index in [1.54, 1.807) is 18.2 Å². The second-order valence-corrected chi connectivity index (χ2v) is 5.46. The van der Waals surface area contributed by atoms with Gasteiger partial charge < -0.3 is 19.4 Å². The third-order valence-electron chi connectivity index (χ3n) is 4.08. The Bertz CT molecular complexity index is 961. The lowest BCUT2D eigenvalue weighted by molar-refractivity contribution is 0.0860. The van der Waals surface area contributed by atoms with Crippen molar-refractivity contribution in [3.05, 3.63) is 64.0 Å². The molecule has 0 radical (unpaired) electrons. The normalized spacial score (nSPS) is 16.0. The molecule has 0 unspecified atom stereocenters. The van der Waals surface area contributed by atoms with Crippen LogP contribution in [0.15, 0.2) is 40.4 Å². The summed E-state index contributed by atoms with van der Waals surface area (Å²) in [5.41, 5.74) is 0.709. The van der Waals surface area contributed by atoms with Gasteiger partial charge in [0.25, 0.3) is 5.78 Å². The van der Waals surface area contributed by atoms with Crippen molar-refractivity contribution in [1.29, 1.82) is 0 Å². The predicted octanol–water partition coefficient (Wildman–Crippen LogP) is 2.15. The third-order valence-corrected chi connectivity index (χ3v) is 4.08. The lowest BCUT2D eigenvalue weighted by Crippen LogP contribution is -2.22. The monoisotopic (exact) mass is 326 g/mol. The molecule has 1 aliphatic heterocycles. The van der Waals surface area contributed by atoms with Gasteiger partial charge in [0.05, 0.1) is 17.7 Å². The average Bonchev–Trinajstić information content (AvgIpc) is 3.23. The molecule has 0 fully saturated rings. The number of benzene rings is 1. The summed E-state index contributed by atoms with van der Waals surface area (Å²) in [6.45, 7) is 0.541. The fourth-order valence-electron chi connectivity index (χ4n) is 2.84. The lowest BCUT2D eigenvalue weighted by Gasteiger charge is -2.10. The molecule has 1 aromatic carbocycles. The van der Waals surface area contributed by atoms with Crippen LogP contribution in [0.2, 0.25) is 0 Å². The first-order valence-electron chi connectivity index (χ1n) is 7.12. The van der Waals surface area contributed by atoms with Gasteiger partial charge in [-0.2, -0.15) is 0 Å². The zero-order valence-electron chi connectivity index (χ0n) is 12.2. The highest BCUT2D eigenvalue weighted by Gasteiger charge is 2.39. The van der Waals surface area contributed by atoms with Crippen molar-refractivity contribution < 1.29 is 33.8 Å². The Hall–Kier alpha value is -3.35. The fourth-order valence-corrected chi connectivity index (χ4v) is 2.84. The van der Waals surface area contributed by atoms with E-state index in [4.69, 9.17) is 9.15 Å². The molecule has 0 saturated carbocycles. The largest absolute Gasteiger partial charge is 0.501 e. The summed E-state index contributed by atoms with van der Waals surface area (Å²) in [7, 11) is 0. The first-order chi connectivity index (χ1) is 11.5. The highest BCUT2D eigenvalue weighted by Crippen LogP contribution is 2.31. The minimum Gasteiger partial charge on any atom is -0.501 e. The molecular weight excluding hydrogens is 316 g/mol. The molecule has 0 amide bonds. The van der Waals surface area contributed by atoms with E-state index in [1.807, 2.05) is 0 Å². The van der Waals surface area contributed by atoms with Crippen molar-refractivity contribution in [3.63, 3.8) is 0 Å². The molecule has 0 saturated heterocycles. The Morgan fingerprint density at radius 3 is 2.62 bits per heavy atom. The topological polar surface area (TPSA) is 114 Å². The highest BCUT2D eigenvalue weighted by atomic mass is 16.5. The number of furan rings is 1. The summed E-state index contributed by atoms with van der Waals surface area (Å²) < 4.78 is 10.4. The van der Waals surface area contributed by atoms with E-state index < -0.39 is 34.6 Å². The number of hydrogen-bond acceptors (Lipinski definition) is 7. The Morgan fingerprint density at radius 2 is 1.83 bits per heavy atom. The van der Waals surface area contributed by atoms with Crippen LogP contribution in [-0.4, -0.2) is 34.2 Å². The lowest BCUT2D eigenvalue weighted by atomic mass is 9.92. The standard InChI is InChI=1S/C17H10O7/c18-12(8-1-2-10-7(5-8)3-4-23-10)9-6-24-17-11(9)13(19)14(20)15(21)16(17)22/h1-2,5-6,20-21H,3-4H2.